The van der Waals surface area contributed by atoms with Gasteiger partial charge in [0.2, 0.25) is 5.91 Å². The molecule has 0 aromatic heterocycles. The Morgan fingerprint density at radius 2 is 1.63 bits per heavy atom. The first kappa shape index (κ1) is 24.8. The Balaban J connectivity index is 1.31. The van der Waals surface area contributed by atoms with Crippen LogP contribution in [-0.2, 0) is 14.3 Å². The van der Waals surface area contributed by atoms with Crippen molar-refractivity contribution in [3.63, 3.8) is 0 Å². The van der Waals surface area contributed by atoms with E-state index in [2.05, 4.69) is 34.9 Å². The zero-order valence-electron chi connectivity index (χ0n) is 20.4. The molecule has 1 saturated carbocycles. The van der Waals surface area contributed by atoms with Gasteiger partial charge in [-0.05, 0) is 46.4 Å². The second-order valence-corrected chi connectivity index (χ2v) is 10.2. The van der Waals surface area contributed by atoms with E-state index in [1.807, 2.05) is 38.1 Å². The zero-order valence-corrected chi connectivity index (χ0v) is 20.4. The third-order valence-corrected chi connectivity index (χ3v) is 7.46. The van der Waals surface area contributed by atoms with E-state index in [0.717, 1.165) is 30.4 Å². The van der Waals surface area contributed by atoms with Gasteiger partial charge in [-0.3, -0.25) is 9.59 Å². The van der Waals surface area contributed by atoms with Crippen LogP contribution in [0.1, 0.15) is 63.0 Å². The lowest BCUT2D eigenvalue weighted by molar-refractivity contribution is -0.142. The van der Waals surface area contributed by atoms with Crippen LogP contribution in [0.15, 0.2) is 48.5 Å². The number of carbonyl (C=O) groups excluding carboxylic acids is 2. The van der Waals surface area contributed by atoms with Crippen molar-refractivity contribution in [1.82, 2.24) is 10.6 Å². The average Bonchev–Trinajstić information content (AvgIpc) is 3.12. The number of aliphatic carboxylic acids is 1. The molecule has 1 atom stereocenters. The predicted molar refractivity (Wildman–Crippen MR) is 133 cm³/mol. The minimum Gasteiger partial charge on any atom is -0.481 e. The third kappa shape index (κ3) is 5.66. The van der Waals surface area contributed by atoms with Crippen LogP contribution in [0.2, 0.25) is 0 Å². The number of carbonyl (C=O) groups is 3. The minimum absolute atomic E-state index is 0.0258. The van der Waals surface area contributed by atoms with Crippen molar-refractivity contribution in [3.05, 3.63) is 59.7 Å². The Bertz CT molecular complexity index is 1050. The van der Waals surface area contributed by atoms with Gasteiger partial charge < -0.3 is 20.5 Å². The number of ether oxygens (including phenoxy) is 1. The number of hydrogen-bond acceptors (Lipinski definition) is 4. The molecular weight excluding hydrogens is 444 g/mol. The van der Waals surface area contributed by atoms with Crippen molar-refractivity contribution in [2.45, 2.75) is 57.9 Å². The molecule has 35 heavy (non-hydrogen) atoms. The Hall–Kier alpha value is -3.35. The summed E-state index contributed by atoms with van der Waals surface area (Å²) in [5.41, 5.74) is 4.29. The molecule has 2 aromatic carbocycles. The highest BCUT2D eigenvalue weighted by molar-refractivity contribution is 5.80. The molecule has 2 aliphatic rings. The maximum atomic E-state index is 12.7. The number of carboxylic acids is 1. The monoisotopic (exact) mass is 478 g/mol. The van der Waals surface area contributed by atoms with Gasteiger partial charge in [-0.15, -0.1) is 0 Å². The van der Waals surface area contributed by atoms with Gasteiger partial charge in [0.25, 0.3) is 0 Å². The fourth-order valence-electron chi connectivity index (χ4n) is 5.22. The molecule has 0 aliphatic heterocycles. The van der Waals surface area contributed by atoms with Crippen molar-refractivity contribution >= 4 is 18.0 Å². The minimum atomic E-state index is -0.837. The van der Waals surface area contributed by atoms with E-state index < -0.39 is 12.1 Å². The summed E-state index contributed by atoms with van der Waals surface area (Å²) in [7, 11) is 0. The summed E-state index contributed by atoms with van der Waals surface area (Å²) in [6.07, 6.45) is 2.25. The zero-order chi connectivity index (χ0) is 25.0. The van der Waals surface area contributed by atoms with Crippen LogP contribution in [0.4, 0.5) is 4.79 Å². The first-order chi connectivity index (χ1) is 16.8. The normalized spacial score (nSPS) is 16.5. The van der Waals surface area contributed by atoms with Gasteiger partial charge in [0.15, 0.2) is 0 Å². The average molecular weight is 479 g/mol. The van der Waals surface area contributed by atoms with Crippen molar-refractivity contribution in [1.29, 1.82) is 0 Å². The topological polar surface area (TPSA) is 105 Å². The molecule has 1 fully saturated rings. The summed E-state index contributed by atoms with van der Waals surface area (Å²) in [6.45, 7) is 4.46. The molecule has 2 aliphatic carbocycles. The van der Waals surface area contributed by atoms with Crippen LogP contribution < -0.4 is 10.6 Å². The van der Waals surface area contributed by atoms with Gasteiger partial charge in [0, 0.05) is 24.9 Å². The maximum absolute atomic E-state index is 12.7. The fourth-order valence-corrected chi connectivity index (χ4v) is 5.22. The highest BCUT2D eigenvalue weighted by Crippen LogP contribution is 2.45. The van der Waals surface area contributed by atoms with E-state index in [9.17, 15) is 14.4 Å². The Kier molecular flexibility index (Phi) is 7.43. The summed E-state index contributed by atoms with van der Waals surface area (Å²) in [5, 5.41) is 14.9. The second-order valence-electron chi connectivity index (χ2n) is 10.2. The molecule has 0 spiro atoms. The van der Waals surface area contributed by atoms with Crippen LogP contribution in [0.3, 0.4) is 0 Å². The molecular formula is C28H34N2O5. The quantitative estimate of drug-likeness (QED) is 0.459. The highest BCUT2D eigenvalue weighted by atomic mass is 16.5. The van der Waals surface area contributed by atoms with E-state index in [1.165, 1.54) is 11.1 Å². The summed E-state index contributed by atoms with van der Waals surface area (Å²) in [5.74, 6) is -1.03. The van der Waals surface area contributed by atoms with Crippen molar-refractivity contribution in [2.24, 2.45) is 11.3 Å². The van der Waals surface area contributed by atoms with E-state index >= 15 is 0 Å². The lowest BCUT2D eigenvalue weighted by atomic mass is 9.66. The van der Waals surface area contributed by atoms with Gasteiger partial charge >= 0.3 is 12.1 Å². The van der Waals surface area contributed by atoms with Gasteiger partial charge in [0.1, 0.15) is 6.61 Å². The molecule has 4 rings (SSSR count). The summed E-state index contributed by atoms with van der Waals surface area (Å²) in [6, 6.07) is 15.9. The number of carboxylic acid groups (broad SMARTS) is 1. The van der Waals surface area contributed by atoms with Crippen LogP contribution in [0, 0.1) is 11.3 Å². The number of alkyl carbamates (subject to hydrolysis) is 1. The summed E-state index contributed by atoms with van der Waals surface area (Å²) < 4.78 is 5.64. The number of rotatable bonds is 10. The molecule has 7 nitrogen and oxygen atoms in total. The molecule has 1 unspecified atom stereocenters. The molecule has 186 valence electrons. The van der Waals surface area contributed by atoms with E-state index in [4.69, 9.17) is 9.84 Å². The predicted octanol–water partition coefficient (Wildman–Crippen LogP) is 4.70. The first-order valence-corrected chi connectivity index (χ1v) is 12.4. The van der Waals surface area contributed by atoms with Crippen LogP contribution in [0.25, 0.3) is 11.1 Å². The second kappa shape index (κ2) is 10.5. The Morgan fingerprint density at radius 1 is 1.03 bits per heavy atom. The Labute approximate surface area is 206 Å². The van der Waals surface area contributed by atoms with Crippen molar-refractivity contribution in [3.8, 4) is 11.1 Å². The Morgan fingerprint density at radius 3 is 2.14 bits per heavy atom. The molecule has 3 N–H and O–H groups in total. The van der Waals surface area contributed by atoms with Crippen molar-refractivity contribution in [2.75, 3.05) is 13.2 Å². The third-order valence-electron chi connectivity index (χ3n) is 7.46. The van der Waals surface area contributed by atoms with E-state index in [0.29, 0.717) is 6.54 Å². The first-order valence-electron chi connectivity index (χ1n) is 12.4. The highest BCUT2D eigenvalue weighted by Gasteiger charge is 2.39. The number of amides is 2. The number of hydrogen-bond donors (Lipinski definition) is 3. The summed E-state index contributed by atoms with van der Waals surface area (Å²) in [4.78, 5) is 36.4. The van der Waals surface area contributed by atoms with Crippen LogP contribution in [0.5, 0.6) is 0 Å². The molecule has 0 heterocycles. The number of benzene rings is 2. The molecule has 2 amide bonds. The fraction of sp³-hybridized carbons (Fsp3) is 0.464. The molecule has 0 radical (unpaired) electrons. The van der Waals surface area contributed by atoms with E-state index in [-0.39, 0.29) is 48.6 Å². The summed E-state index contributed by atoms with van der Waals surface area (Å²) >= 11 is 0. The molecule has 0 bridgehead atoms. The molecule has 0 saturated heterocycles. The molecule has 7 heteroatoms. The molecule has 2 aromatic rings. The van der Waals surface area contributed by atoms with Gasteiger partial charge in [0.05, 0.1) is 6.42 Å². The van der Waals surface area contributed by atoms with Gasteiger partial charge in [-0.1, -0.05) is 68.8 Å². The van der Waals surface area contributed by atoms with Crippen LogP contribution >= 0.6 is 0 Å². The number of nitrogens with one attached hydrogen (secondary N) is 2. The van der Waals surface area contributed by atoms with E-state index in [1.54, 1.807) is 0 Å². The SMILES string of the molecule is CC(C)C(CC(=O)NCC1(CC(=O)O)CCC1)NC(=O)OCC1c2ccccc2-c2ccccc21. The maximum Gasteiger partial charge on any atom is 0.407 e. The van der Waals surface area contributed by atoms with Gasteiger partial charge in [-0.25, -0.2) is 4.79 Å². The smallest absolute Gasteiger partial charge is 0.407 e. The number of fused-ring (bicyclic) bond motifs is 3. The lowest BCUT2D eigenvalue weighted by Crippen LogP contribution is -2.46. The largest absolute Gasteiger partial charge is 0.481 e. The van der Waals surface area contributed by atoms with Gasteiger partial charge in [-0.2, -0.15) is 0 Å². The van der Waals surface area contributed by atoms with Crippen molar-refractivity contribution < 1.29 is 24.2 Å². The van der Waals surface area contributed by atoms with Crippen LogP contribution in [-0.4, -0.2) is 42.3 Å². The standard InChI is InChI=1S/C28H34N2O5/c1-18(2)24(14-25(31)29-17-28(12-7-13-28)15-26(32)33)30-27(34)35-16-23-21-10-5-3-8-19(21)20-9-4-6-11-22(20)23/h3-6,8-11,18,23-24H,7,12-17H2,1-2H3,(H,29,31)(H,30,34)(H,32,33). The lowest BCUT2D eigenvalue weighted by Gasteiger charge is -2.41.